The summed E-state index contributed by atoms with van der Waals surface area (Å²) in [5, 5.41) is 9.67. The minimum atomic E-state index is -0.156. The summed E-state index contributed by atoms with van der Waals surface area (Å²) in [6, 6.07) is 3.79. The van der Waals surface area contributed by atoms with Crippen molar-refractivity contribution in [3.8, 4) is 0 Å². The number of nitrogen functional groups attached to an aromatic ring is 1. The lowest BCUT2D eigenvalue weighted by atomic mass is 9.97. The van der Waals surface area contributed by atoms with Gasteiger partial charge in [-0.15, -0.1) is 0 Å². The molecule has 0 aromatic carbocycles. The molecule has 2 atom stereocenters. The first-order valence-corrected chi connectivity index (χ1v) is 6.01. The van der Waals surface area contributed by atoms with Gasteiger partial charge in [-0.1, -0.05) is 6.92 Å². The number of piperidine rings is 1. The average Bonchev–Trinajstić information content (AvgIpc) is 2.34. The van der Waals surface area contributed by atoms with Crippen molar-refractivity contribution in [1.82, 2.24) is 9.88 Å². The Kier molecular flexibility index (Phi) is 3.93. The number of nitrogens with two attached hydrogens (primary N) is 1. The molecule has 1 aliphatic heterocycles. The summed E-state index contributed by atoms with van der Waals surface area (Å²) in [5.41, 5.74) is 4.50. The average molecular weight is 236 g/mol. The van der Waals surface area contributed by atoms with Gasteiger partial charge >= 0.3 is 0 Å². The van der Waals surface area contributed by atoms with Crippen molar-refractivity contribution in [2.24, 2.45) is 11.8 Å². The molecule has 17 heavy (non-hydrogen) atoms. The van der Waals surface area contributed by atoms with Crippen LogP contribution in [0.2, 0.25) is 0 Å². The van der Waals surface area contributed by atoms with Crippen LogP contribution in [0.25, 0.3) is 0 Å². The number of hydrogen-bond donors (Lipinski definition) is 3. The molecule has 4 N–H and O–H groups in total. The summed E-state index contributed by atoms with van der Waals surface area (Å²) < 4.78 is 0. The molecule has 0 amide bonds. The Morgan fingerprint density at radius 1 is 1.65 bits per heavy atom. The number of aromatic nitrogens is 1. The maximum atomic E-state index is 9.67. The number of rotatable bonds is 3. The van der Waals surface area contributed by atoms with E-state index >= 15 is 0 Å². The van der Waals surface area contributed by atoms with Crippen LogP contribution in [0.3, 0.4) is 0 Å². The van der Waals surface area contributed by atoms with Crippen LogP contribution >= 0.6 is 0 Å². The first-order chi connectivity index (χ1) is 8.19. The van der Waals surface area contributed by atoms with Crippen molar-refractivity contribution in [1.29, 1.82) is 0 Å². The SMILES string of the molecule is CC1CN(Cc2cc(NN)ccn2)CCC1O. The van der Waals surface area contributed by atoms with Gasteiger partial charge in [0.15, 0.2) is 0 Å². The third kappa shape index (κ3) is 3.15. The summed E-state index contributed by atoms with van der Waals surface area (Å²) in [5.74, 6) is 5.70. The minimum absolute atomic E-state index is 0.156. The number of pyridine rings is 1. The number of hydrogen-bond acceptors (Lipinski definition) is 5. The van der Waals surface area contributed by atoms with E-state index in [9.17, 15) is 5.11 Å². The first kappa shape index (κ1) is 12.3. The number of hydrazine groups is 1. The van der Waals surface area contributed by atoms with Crippen molar-refractivity contribution in [2.75, 3.05) is 18.5 Å². The summed E-state index contributed by atoms with van der Waals surface area (Å²) in [7, 11) is 0. The predicted molar refractivity (Wildman–Crippen MR) is 67.1 cm³/mol. The Balaban J connectivity index is 1.96. The Morgan fingerprint density at radius 3 is 3.18 bits per heavy atom. The Morgan fingerprint density at radius 2 is 2.47 bits per heavy atom. The molecule has 0 spiro atoms. The fourth-order valence-electron chi connectivity index (χ4n) is 2.25. The highest BCUT2D eigenvalue weighted by atomic mass is 16.3. The van der Waals surface area contributed by atoms with Crippen LogP contribution in [0.1, 0.15) is 19.0 Å². The van der Waals surface area contributed by atoms with Gasteiger partial charge in [-0.05, 0) is 24.5 Å². The second-order valence-electron chi connectivity index (χ2n) is 4.75. The quantitative estimate of drug-likeness (QED) is 0.528. The van der Waals surface area contributed by atoms with E-state index in [-0.39, 0.29) is 6.10 Å². The normalized spacial score (nSPS) is 25.8. The highest BCUT2D eigenvalue weighted by molar-refractivity contribution is 5.41. The number of likely N-dealkylation sites (tertiary alicyclic amines) is 1. The van der Waals surface area contributed by atoms with Gasteiger partial charge < -0.3 is 10.5 Å². The number of nitrogens with one attached hydrogen (secondary N) is 1. The zero-order valence-corrected chi connectivity index (χ0v) is 10.1. The molecule has 1 aliphatic rings. The zero-order chi connectivity index (χ0) is 12.3. The first-order valence-electron chi connectivity index (χ1n) is 6.01. The number of nitrogens with zero attached hydrogens (tertiary/aromatic N) is 2. The van der Waals surface area contributed by atoms with Crippen molar-refractivity contribution < 1.29 is 5.11 Å². The molecule has 1 fully saturated rings. The molecule has 0 saturated carbocycles. The van der Waals surface area contributed by atoms with Crippen LogP contribution in [0.5, 0.6) is 0 Å². The van der Waals surface area contributed by atoms with Crippen molar-refractivity contribution in [2.45, 2.75) is 26.0 Å². The van der Waals surface area contributed by atoms with Crippen LogP contribution in [0.15, 0.2) is 18.3 Å². The van der Waals surface area contributed by atoms with E-state index in [0.29, 0.717) is 5.92 Å². The minimum Gasteiger partial charge on any atom is -0.393 e. The fraction of sp³-hybridized carbons (Fsp3) is 0.583. The smallest absolute Gasteiger partial charge is 0.0590 e. The van der Waals surface area contributed by atoms with Gasteiger partial charge in [0.25, 0.3) is 0 Å². The number of aliphatic hydroxyl groups excluding tert-OH is 1. The van der Waals surface area contributed by atoms with Gasteiger partial charge in [-0.2, -0.15) is 0 Å². The van der Waals surface area contributed by atoms with Crippen molar-refractivity contribution in [3.05, 3.63) is 24.0 Å². The second kappa shape index (κ2) is 5.44. The van der Waals surface area contributed by atoms with E-state index in [4.69, 9.17) is 5.84 Å². The van der Waals surface area contributed by atoms with E-state index in [1.165, 1.54) is 0 Å². The van der Waals surface area contributed by atoms with Crippen LogP contribution in [-0.2, 0) is 6.54 Å². The molecule has 5 nitrogen and oxygen atoms in total. The highest BCUT2D eigenvalue weighted by Crippen LogP contribution is 2.18. The van der Waals surface area contributed by atoms with E-state index < -0.39 is 0 Å². The molecule has 0 radical (unpaired) electrons. The van der Waals surface area contributed by atoms with Gasteiger partial charge in [0.05, 0.1) is 17.5 Å². The Hall–Kier alpha value is -1.17. The lowest BCUT2D eigenvalue weighted by molar-refractivity contribution is 0.0316. The summed E-state index contributed by atoms with van der Waals surface area (Å²) in [6.07, 6.45) is 2.44. The van der Waals surface area contributed by atoms with E-state index in [2.05, 4.69) is 22.2 Å². The van der Waals surface area contributed by atoms with E-state index in [1.807, 2.05) is 12.1 Å². The maximum Gasteiger partial charge on any atom is 0.0590 e. The van der Waals surface area contributed by atoms with Crippen LogP contribution in [-0.4, -0.2) is 34.2 Å². The van der Waals surface area contributed by atoms with E-state index in [0.717, 1.165) is 37.4 Å². The molecule has 0 bridgehead atoms. The van der Waals surface area contributed by atoms with Crippen molar-refractivity contribution in [3.63, 3.8) is 0 Å². The Bertz CT molecular complexity index is 371. The summed E-state index contributed by atoms with van der Waals surface area (Å²) >= 11 is 0. The van der Waals surface area contributed by atoms with Crippen LogP contribution in [0, 0.1) is 5.92 Å². The fourth-order valence-corrected chi connectivity index (χ4v) is 2.25. The maximum absolute atomic E-state index is 9.67. The van der Waals surface area contributed by atoms with Crippen LogP contribution in [0.4, 0.5) is 5.69 Å². The van der Waals surface area contributed by atoms with Crippen LogP contribution < -0.4 is 11.3 Å². The van der Waals surface area contributed by atoms with Gasteiger partial charge in [0, 0.05) is 25.8 Å². The lowest BCUT2D eigenvalue weighted by Crippen LogP contribution is -2.41. The molecule has 1 aromatic heterocycles. The molecule has 2 rings (SSSR count). The van der Waals surface area contributed by atoms with Gasteiger partial charge in [0.1, 0.15) is 0 Å². The molecule has 1 aromatic rings. The van der Waals surface area contributed by atoms with Gasteiger partial charge in [0.2, 0.25) is 0 Å². The largest absolute Gasteiger partial charge is 0.393 e. The molecule has 0 aliphatic carbocycles. The predicted octanol–water partition coefficient (Wildman–Crippen LogP) is 0.570. The summed E-state index contributed by atoms with van der Waals surface area (Å²) in [4.78, 5) is 6.65. The van der Waals surface area contributed by atoms with Gasteiger partial charge in [-0.25, -0.2) is 0 Å². The molecule has 2 heterocycles. The standard InChI is InChI=1S/C12H20N4O/c1-9-7-16(5-3-12(9)17)8-11-6-10(15-13)2-4-14-11/h2,4,6,9,12,17H,3,5,7-8,13H2,1H3,(H,14,15). The molecule has 1 saturated heterocycles. The van der Waals surface area contributed by atoms with Gasteiger partial charge in [-0.3, -0.25) is 15.7 Å². The monoisotopic (exact) mass is 236 g/mol. The van der Waals surface area contributed by atoms with E-state index in [1.54, 1.807) is 6.20 Å². The molecule has 5 heteroatoms. The summed E-state index contributed by atoms with van der Waals surface area (Å²) in [6.45, 7) is 4.74. The number of aliphatic hydroxyl groups is 1. The Labute approximate surface area is 102 Å². The topological polar surface area (TPSA) is 74.4 Å². The lowest BCUT2D eigenvalue weighted by Gasteiger charge is -2.34. The molecular weight excluding hydrogens is 216 g/mol. The zero-order valence-electron chi connectivity index (χ0n) is 10.1. The third-order valence-electron chi connectivity index (χ3n) is 3.31. The van der Waals surface area contributed by atoms with Crippen molar-refractivity contribution >= 4 is 5.69 Å². The molecular formula is C12H20N4O. The number of anilines is 1. The molecule has 94 valence electrons. The highest BCUT2D eigenvalue weighted by Gasteiger charge is 2.24. The third-order valence-corrected chi connectivity index (χ3v) is 3.31. The second-order valence-corrected chi connectivity index (χ2v) is 4.75. The molecule has 2 unspecified atom stereocenters.